The van der Waals surface area contributed by atoms with E-state index in [9.17, 15) is 19.7 Å². The minimum absolute atomic E-state index is 0. The van der Waals surface area contributed by atoms with Crippen molar-refractivity contribution >= 4 is 34.6 Å². The average Bonchev–Trinajstić information content (AvgIpc) is 2.95. The molecule has 0 saturated carbocycles. The standard InChI is InChI=1S/C14H20N4O3.C14H22N4O.H2/c1-15-7-9-17(10-8-15)11-14(19)16(2)12-3-5-13(6-4-12)18(20)21;1-16-7-9-18(10-8-16)11-14(19)17(2)13-5-3-12(15)4-6-13;/h3-6H,7-11H2,1-2H3;3-6H,7-11,15H2,1-2H3;1H. The van der Waals surface area contributed by atoms with Crippen LogP contribution >= 0.6 is 0 Å². The summed E-state index contributed by atoms with van der Waals surface area (Å²) in [5.74, 6) is 0.114. The molecule has 0 radical (unpaired) electrons. The van der Waals surface area contributed by atoms with Crippen molar-refractivity contribution < 1.29 is 15.9 Å². The number of anilines is 3. The van der Waals surface area contributed by atoms with Gasteiger partial charge in [0.1, 0.15) is 0 Å². The first kappa shape index (κ1) is 31.0. The fourth-order valence-corrected chi connectivity index (χ4v) is 4.39. The summed E-state index contributed by atoms with van der Waals surface area (Å²) in [5, 5.41) is 10.6. The largest absolute Gasteiger partial charge is 0.399 e. The van der Waals surface area contributed by atoms with Crippen LogP contribution in [0.5, 0.6) is 0 Å². The van der Waals surface area contributed by atoms with Gasteiger partial charge in [-0.15, -0.1) is 0 Å². The van der Waals surface area contributed by atoms with E-state index in [1.165, 1.54) is 12.1 Å². The molecule has 2 N–H and O–H groups in total. The van der Waals surface area contributed by atoms with Gasteiger partial charge >= 0.3 is 0 Å². The highest BCUT2D eigenvalue weighted by Crippen LogP contribution is 2.19. The van der Waals surface area contributed by atoms with Crippen molar-refractivity contribution in [1.29, 1.82) is 0 Å². The summed E-state index contributed by atoms with van der Waals surface area (Å²) in [7, 11) is 7.69. The maximum absolute atomic E-state index is 12.2. The minimum atomic E-state index is -0.449. The number of nitrogens with zero attached hydrogens (tertiary/aromatic N) is 7. The first-order valence-corrected chi connectivity index (χ1v) is 13.5. The second kappa shape index (κ2) is 14.7. The van der Waals surface area contributed by atoms with Crippen molar-refractivity contribution in [1.82, 2.24) is 19.6 Å². The third-order valence-electron chi connectivity index (χ3n) is 7.39. The normalized spacial score (nSPS) is 17.0. The topological polar surface area (TPSA) is 123 Å². The second-order valence-electron chi connectivity index (χ2n) is 10.4. The van der Waals surface area contributed by atoms with Crippen LogP contribution in [0, 0.1) is 10.1 Å². The van der Waals surface area contributed by atoms with Gasteiger partial charge in [0.25, 0.3) is 5.69 Å². The maximum atomic E-state index is 12.2. The zero-order chi connectivity index (χ0) is 29.2. The van der Waals surface area contributed by atoms with E-state index in [1.54, 1.807) is 29.0 Å². The Morgan fingerprint density at radius 2 is 1.10 bits per heavy atom. The Morgan fingerprint density at radius 3 is 1.45 bits per heavy atom. The third-order valence-corrected chi connectivity index (χ3v) is 7.39. The van der Waals surface area contributed by atoms with Crippen LogP contribution in [0.3, 0.4) is 0 Å². The Labute approximate surface area is 238 Å². The van der Waals surface area contributed by atoms with Gasteiger partial charge in [0.15, 0.2) is 0 Å². The van der Waals surface area contributed by atoms with Crippen LogP contribution < -0.4 is 15.5 Å². The third kappa shape index (κ3) is 9.26. The van der Waals surface area contributed by atoms with E-state index in [1.807, 2.05) is 31.3 Å². The smallest absolute Gasteiger partial charge is 0.269 e. The monoisotopic (exact) mass is 556 g/mol. The fourth-order valence-electron chi connectivity index (χ4n) is 4.39. The first-order chi connectivity index (χ1) is 19.0. The van der Waals surface area contributed by atoms with Gasteiger partial charge in [-0.2, -0.15) is 0 Å². The molecule has 0 bridgehead atoms. The summed E-state index contributed by atoms with van der Waals surface area (Å²) in [6.07, 6.45) is 0. The number of nitrogens with two attached hydrogens (primary N) is 1. The summed E-state index contributed by atoms with van der Waals surface area (Å²) < 4.78 is 0. The molecular formula is C28H44N8O4. The van der Waals surface area contributed by atoms with Crippen LogP contribution in [-0.4, -0.2) is 130 Å². The molecule has 0 unspecified atom stereocenters. The molecule has 2 heterocycles. The predicted molar refractivity (Wildman–Crippen MR) is 161 cm³/mol. The van der Waals surface area contributed by atoms with Crippen molar-refractivity contribution in [2.24, 2.45) is 0 Å². The molecule has 2 aromatic rings. The number of likely N-dealkylation sites (N-methyl/N-ethyl adjacent to an activating group) is 4. The van der Waals surface area contributed by atoms with Crippen LogP contribution in [0.1, 0.15) is 1.43 Å². The number of nitrogen functional groups attached to an aromatic ring is 1. The lowest BCUT2D eigenvalue weighted by molar-refractivity contribution is -0.384. The zero-order valence-corrected chi connectivity index (χ0v) is 24.0. The molecule has 12 heteroatoms. The average molecular weight is 557 g/mol. The number of carbonyl (C=O) groups is 2. The maximum Gasteiger partial charge on any atom is 0.269 e. The number of non-ortho nitro benzene ring substituents is 1. The van der Waals surface area contributed by atoms with Gasteiger partial charge in [-0.1, -0.05) is 0 Å². The summed E-state index contributed by atoms with van der Waals surface area (Å²) in [5.41, 5.74) is 7.94. The molecule has 2 aliphatic heterocycles. The Morgan fingerprint density at radius 1 is 0.750 bits per heavy atom. The van der Waals surface area contributed by atoms with Crippen LogP contribution in [0.15, 0.2) is 48.5 Å². The molecule has 0 aliphatic carbocycles. The lowest BCUT2D eigenvalue weighted by Crippen LogP contribution is -2.48. The molecule has 0 atom stereocenters. The Hall–Kier alpha value is -3.58. The van der Waals surface area contributed by atoms with E-state index in [-0.39, 0.29) is 18.9 Å². The van der Waals surface area contributed by atoms with Gasteiger partial charge in [-0.25, -0.2) is 0 Å². The summed E-state index contributed by atoms with van der Waals surface area (Å²) in [6, 6.07) is 13.4. The van der Waals surface area contributed by atoms with Gasteiger partial charge in [0.2, 0.25) is 11.8 Å². The molecule has 2 amide bonds. The first-order valence-electron chi connectivity index (χ1n) is 13.5. The Kier molecular flexibility index (Phi) is 11.4. The number of nitro groups is 1. The lowest BCUT2D eigenvalue weighted by Gasteiger charge is -2.32. The van der Waals surface area contributed by atoms with E-state index >= 15 is 0 Å². The van der Waals surface area contributed by atoms with E-state index in [4.69, 9.17) is 5.73 Å². The van der Waals surface area contributed by atoms with E-state index < -0.39 is 4.92 Å². The Balaban J connectivity index is 0.000000281. The molecular weight excluding hydrogens is 512 g/mol. The SMILES string of the molecule is CN1CCN(CC(=O)N(C)c2ccc(N)cc2)CC1.CN1CCN(CC(=O)N(C)c2ccc([N+](=O)[O-])cc2)CC1.[HH]. The summed E-state index contributed by atoms with van der Waals surface area (Å²) >= 11 is 0. The second-order valence-corrected chi connectivity index (χ2v) is 10.4. The molecule has 0 aromatic heterocycles. The van der Waals surface area contributed by atoms with Crippen LogP contribution in [0.25, 0.3) is 0 Å². The van der Waals surface area contributed by atoms with Crippen molar-refractivity contribution in [2.75, 3.05) is 109 Å². The summed E-state index contributed by atoms with van der Waals surface area (Å²) in [4.78, 5) is 46.7. The van der Waals surface area contributed by atoms with E-state index in [0.29, 0.717) is 24.5 Å². The Bertz CT molecular complexity index is 1120. The quantitative estimate of drug-likeness (QED) is 0.307. The molecule has 2 fully saturated rings. The van der Waals surface area contributed by atoms with Gasteiger partial charge in [0, 0.05) is 97.1 Å². The zero-order valence-electron chi connectivity index (χ0n) is 24.0. The van der Waals surface area contributed by atoms with Crippen molar-refractivity contribution in [2.45, 2.75) is 0 Å². The van der Waals surface area contributed by atoms with Crippen molar-refractivity contribution in [3.8, 4) is 0 Å². The molecule has 2 saturated heterocycles. The van der Waals surface area contributed by atoms with Gasteiger partial charge in [0.05, 0.1) is 18.0 Å². The lowest BCUT2D eigenvalue weighted by atomic mass is 10.2. The number of nitro benzene ring substituents is 1. The van der Waals surface area contributed by atoms with Gasteiger partial charge in [-0.3, -0.25) is 29.5 Å². The molecule has 12 nitrogen and oxygen atoms in total. The van der Waals surface area contributed by atoms with Gasteiger partial charge < -0.3 is 25.3 Å². The molecule has 2 aliphatic rings. The molecule has 2 aromatic carbocycles. The number of carbonyl (C=O) groups excluding carboxylic acids is 2. The minimum Gasteiger partial charge on any atom is -0.399 e. The highest BCUT2D eigenvalue weighted by Gasteiger charge is 2.20. The van der Waals surface area contributed by atoms with Crippen molar-refractivity contribution in [3.63, 3.8) is 0 Å². The van der Waals surface area contributed by atoms with Crippen LogP contribution in [-0.2, 0) is 9.59 Å². The van der Waals surface area contributed by atoms with E-state index in [2.05, 4.69) is 33.7 Å². The molecule has 40 heavy (non-hydrogen) atoms. The molecule has 0 spiro atoms. The molecule has 220 valence electrons. The highest BCUT2D eigenvalue weighted by atomic mass is 16.6. The number of amides is 2. The highest BCUT2D eigenvalue weighted by molar-refractivity contribution is 5.95. The van der Waals surface area contributed by atoms with Crippen LogP contribution in [0.4, 0.5) is 22.7 Å². The van der Waals surface area contributed by atoms with Crippen molar-refractivity contribution in [3.05, 3.63) is 58.6 Å². The predicted octanol–water partition coefficient (Wildman–Crippen LogP) is 1.53. The molecule has 4 rings (SSSR count). The number of benzene rings is 2. The number of hydrogen-bond acceptors (Lipinski definition) is 9. The number of rotatable bonds is 7. The number of hydrogen-bond donors (Lipinski definition) is 1. The number of piperazine rings is 2. The fraction of sp³-hybridized carbons (Fsp3) is 0.500. The summed E-state index contributed by atoms with van der Waals surface area (Å²) in [6.45, 7) is 8.53. The van der Waals surface area contributed by atoms with E-state index in [0.717, 1.165) is 58.0 Å². The van der Waals surface area contributed by atoms with Crippen LogP contribution in [0.2, 0.25) is 0 Å². The van der Waals surface area contributed by atoms with Gasteiger partial charge in [-0.05, 0) is 50.5 Å².